The zero-order chi connectivity index (χ0) is 11.5. The lowest BCUT2D eigenvalue weighted by molar-refractivity contribution is -0.144. The van der Waals surface area contributed by atoms with Crippen LogP contribution < -0.4 is 0 Å². The minimum absolute atomic E-state index is 0.904. The summed E-state index contributed by atoms with van der Waals surface area (Å²) >= 11 is 0. The maximum atomic E-state index is 11.0. The molecule has 0 aromatic carbocycles. The molecule has 3 nitrogen and oxygen atoms in total. The Morgan fingerprint density at radius 1 is 2.11 bits per heavy atom. The van der Waals surface area contributed by atoms with Crippen LogP contribution in [0.4, 0.5) is 0 Å². The number of carbonyl (C=O) groups is 2. The van der Waals surface area contributed by atoms with Gasteiger partial charge in [0.1, 0.15) is 0 Å². The first-order valence-electron chi connectivity index (χ1n) is 4.57. The highest BCUT2D eigenvalue weighted by molar-refractivity contribution is 5.91. The molecule has 0 N–H and O–H groups in total. The Morgan fingerprint density at radius 2 is 2.78 bits per heavy atom. The summed E-state index contributed by atoms with van der Waals surface area (Å²) in [6.07, 6.45) is 0. The fraction of sp³-hybridized carbons (Fsp3) is 0.333. The van der Waals surface area contributed by atoms with E-state index in [0.29, 0.717) is 0 Å². The Hall–Kier alpha value is -1.12. The topological polar surface area (TPSA) is 43.4 Å². The monoisotopic (exact) mass is 133 g/mol. The second-order valence-corrected chi connectivity index (χ2v) is 1.15. The van der Waals surface area contributed by atoms with Gasteiger partial charge in [-0.1, -0.05) is 6.53 Å². The standard InChI is InChI=1S/C6H8O3/c1-3-6(8)4-9-5(2)7/h3H,1,4H2,2H3/i1D2,3D,4D2. The van der Waals surface area contributed by atoms with Gasteiger partial charge in [0.25, 0.3) is 0 Å². The minimum atomic E-state index is -2.99. The number of carbonyl (C=O) groups excluding carboxylic acids is 2. The number of ether oxygens (including phenoxy) is 1. The van der Waals surface area contributed by atoms with Crippen molar-refractivity contribution in [3.8, 4) is 0 Å². The van der Waals surface area contributed by atoms with E-state index in [9.17, 15) is 9.59 Å². The molecule has 9 heavy (non-hydrogen) atoms. The molecule has 50 valence electrons. The Morgan fingerprint density at radius 3 is 3.22 bits per heavy atom. The lowest BCUT2D eigenvalue weighted by Gasteiger charge is -1.94. The van der Waals surface area contributed by atoms with Crippen LogP contribution in [0, 0.1) is 0 Å². The predicted molar refractivity (Wildman–Crippen MR) is 31.8 cm³/mol. The van der Waals surface area contributed by atoms with Crippen molar-refractivity contribution in [2.24, 2.45) is 0 Å². The summed E-state index contributed by atoms with van der Waals surface area (Å²) < 4.78 is 37.9. The van der Waals surface area contributed by atoms with E-state index < -0.39 is 30.9 Å². The lowest BCUT2D eigenvalue weighted by atomic mass is 10.4. The summed E-state index contributed by atoms with van der Waals surface area (Å²) in [4.78, 5) is 21.4. The van der Waals surface area contributed by atoms with E-state index in [1.165, 1.54) is 0 Å². The first kappa shape index (κ1) is 2.64. The van der Waals surface area contributed by atoms with E-state index >= 15 is 0 Å². The van der Waals surface area contributed by atoms with E-state index in [0.717, 1.165) is 6.92 Å². The van der Waals surface area contributed by atoms with E-state index in [1.807, 2.05) is 0 Å². The molecule has 3 heteroatoms. The molecular weight excluding hydrogens is 120 g/mol. The Bertz CT molecular complexity index is 292. The Balaban J connectivity index is 4.85. The normalized spacial score (nSPS) is 17.2. The third-order valence-corrected chi connectivity index (χ3v) is 0.401. The molecule has 0 radical (unpaired) electrons. The molecule has 0 rings (SSSR count). The molecular formula is C6H8O3. The molecule has 0 atom stereocenters. The minimum Gasteiger partial charge on any atom is -0.457 e. The molecule has 0 amide bonds. The van der Waals surface area contributed by atoms with Gasteiger partial charge in [0, 0.05) is 6.92 Å². The highest BCUT2D eigenvalue weighted by Crippen LogP contribution is 1.78. The SMILES string of the molecule is [2H]C([2H])=C([2H])C(=O)C([2H])([2H])OC(C)=O. The number of ketones is 1. The van der Waals surface area contributed by atoms with Crippen LogP contribution in [0.2, 0.25) is 0 Å². The van der Waals surface area contributed by atoms with Crippen molar-refractivity contribution in [3.63, 3.8) is 0 Å². The molecule has 0 saturated heterocycles. The van der Waals surface area contributed by atoms with Crippen LogP contribution in [0.1, 0.15) is 13.8 Å². The van der Waals surface area contributed by atoms with Gasteiger partial charge in [-0.3, -0.25) is 9.59 Å². The maximum absolute atomic E-state index is 11.0. The average Bonchev–Trinajstić information content (AvgIpc) is 1.99. The number of hydrogen-bond acceptors (Lipinski definition) is 3. The third kappa shape index (κ3) is 4.74. The van der Waals surface area contributed by atoms with Crippen LogP contribution in [0.25, 0.3) is 0 Å². The average molecular weight is 133 g/mol. The molecule has 0 heterocycles. The predicted octanol–water partition coefficient (Wildman–Crippen LogP) is 0.305. The van der Waals surface area contributed by atoms with Gasteiger partial charge >= 0.3 is 5.97 Å². The second kappa shape index (κ2) is 3.83. The van der Waals surface area contributed by atoms with Crippen molar-refractivity contribution < 1.29 is 21.2 Å². The van der Waals surface area contributed by atoms with Gasteiger partial charge in [-0.05, 0) is 6.05 Å². The van der Waals surface area contributed by atoms with Crippen molar-refractivity contribution in [2.75, 3.05) is 6.56 Å². The van der Waals surface area contributed by atoms with Crippen molar-refractivity contribution >= 4 is 11.8 Å². The summed E-state index contributed by atoms with van der Waals surface area (Å²) in [5.74, 6) is -2.54. The van der Waals surface area contributed by atoms with Crippen LogP contribution in [-0.2, 0) is 14.3 Å². The summed E-state index contributed by atoms with van der Waals surface area (Å²) in [6, 6.07) is -1.14. The molecule has 0 aliphatic carbocycles. The van der Waals surface area contributed by atoms with E-state index in [4.69, 9.17) is 6.85 Å². The van der Waals surface area contributed by atoms with Crippen molar-refractivity contribution in [1.29, 1.82) is 0 Å². The van der Waals surface area contributed by atoms with Crippen LogP contribution in [0.3, 0.4) is 0 Å². The molecule has 0 aromatic heterocycles. The van der Waals surface area contributed by atoms with E-state index in [2.05, 4.69) is 4.74 Å². The third-order valence-electron chi connectivity index (χ3n) is 0.401. The van der Waals surface area contributed by atoms with Crippen molar-refractivity contribution in [1.82, 2.24) is 0 Å². The molecule has 0 aliphatic rings. The van der Waals surface area contributed by atoms with E-state index in [1.54, 1.807) is 0 Å². The zero-order valence-electron chi connectivity index (χ0n) is 9.72. The number of hydrogen-bond donors (Lipinski definition) is 0. The molecule has 0 fully saturated rings. The Kier molecular flexibility index (Phi) is 1.12. The summed E-state index contributed by atoms with van der Waals surface area (Å²) in [5, 5.41) is 0. The summed E-state index contributed by atoms with van der Waals surface area (Å²) in [6.45, 7) is -3.22. The van der Waals surface area contributed by atoms with Gasteiger partial charge in [-0.2, -0.15) is 0 Å². The van der Waals surface area contributed by atoms with Crippen molar-refractivity contribution in [3.05, 3.63) is 12.6 Å². The molecule has 0 aliphatic heterocycles. The second-order valence-electron chi connectivity index (χ2n) is 1.15. The van der Waals surface area contributed by atoms with Crippen LogP contribution in [0.15, 0.2) is 12.6 Å². The fourth-order valence-corrected chi connectivity index (χ4v) is 0.144. The van der Waals surface area contributed by atoms with Gasteiger partial charge in [-0.15, -0.1) is 0 Å². The van der Waals surface area contributed by atoms with Crippen LogP contribution >= 0.6 is 0 Å². The summed E-state index contributed by atoms with van der Waals surface area (Å²) in [7, 11) is 0. The van der Waals surface area contributed by atoms with Gasteiger partial charge in [0.15, 0.2) is 12.3 Å². The van der Waals surface area contributed by atoms with Gasteiger partial charge in [0.2, 0.25) is 0 Å². The highest BCUT2D eigenvalue weighted by atomic mass is 16.5. The number of esters is 1. The quantitative estimate of drug-likeness (QED) is 0.411. The van der Waals surface area contributed by atoms with Gasteiger partial charge in [-0.25, -0.2) is 0 Å². The maximum Gasteiger partial charge on any atom is 0.303 e. The largest absolute Gasteiger partial charge is 0.457 e. The van der Waals surface area contributed by atoms with Crippen LogP contribution in [-0.4, -0.2) is 18.3 Å². The molecule has 0 bridgehead atoms. The smallest absolute Gasteiger partial charge is 0.303 e. The fourth-order valence-electron chi connectivity index (χ4n) is 0.144. The molecule has 0 saturated carbocycles. The van der Waals surface area contributed by atoms with E-state index in [-0.39, 0.29) is 0 Å². The lowest BCUT2D eigenvalue weighted by Crippen LogP contribution is -2.08. The first-order chi connectivity index (χ1) is 6.18. The van der Waals surface area contributed by atoms with Gasteiger partial charge < -0.3 is 4.74 Å². The van der Waals surface area contributed by atoms with Crippen molar-refractivity contribution in [2.45, 2.75) is 6.92 Å². The van der Waals surface area contributed by atoms with Gasteiger partial charge in [0.05, 0.1) is 6.85 Å². The first-order valence-corrected chi connectivity index (χ1v) is 2.07. The Labute approximate surface area is 60.3 Å². The zero-order valence-corrected chi connectivity index (χ0v) is 4.72. The van der Waals surface area contributed by atoms with Crippen LogP contribution in [0.5, 0.6) is 0 Å². The molecule has 0 spiro atoms. The number of rotatable bonds is 3. The molecule has 0 aromatic rings. The summed E-state index contributed by atoms with van der Waals surface area (Å²) in [5.41, 5.74) is 0. The highest BCUT2D eigenvalue weighted by Gasteiger charge is 1.96. The molecule has 0 unspecified atom stereocenters.